The van der Waals surface area contributed by atoms with Gasteiger partial charge < -0.3 is 14.6 Å². The summed E-state index contributed by atoms with van der Waals surface area (Å²) in [6, 6.07) is 30.0. The number of ketones is 1. The van der Waals surface area contributed by atoms with E-state index in [0.717, 1.165) is 58.1 Å². The van der Waals surface area contributed by atoms with Gasteiger partial charge in [0, 0.05) is 55.7 Å². The molecule has 0 unspecified atom stereocenters. The second kappa shape index (κ2) is 11.4. The number of hydrogen-bond donors (Lipinski definition) is 1. The Hall–Kier alpha value is -4.75. The van der Waals surface area contributed by atoms with E-state index < -0.39 is 0 Å². The van der Waals surface area contributed by atoms with Gasteiger partial charge in [0.2, 0.25) is 0 Å². The summed E-state index contributed by atoms with van der Waals surface area (Å²) in [6.45, 7) is 7.15. The first kappa shape index (κ1) is 26.5. The van der Waals surface area contributed by atoms with Gasteiger partial charge >= 0.3 is 6.03 Å². The summed E-state index contributed by atoms with van der Waals surface area (Å²) in [7, 11) is 0. The number of imidazole rings is 1. The van der Waals surface area contributed by atoms with Crippen molar-refractivity contribution in [1.29, 1.82) is 0 Å². The van der Waals surface area contributed by atoms with Crippen molar-refractivity contribution in [2.45, 2.75) is 20.4 Å². The van der Waals surface area contributed by atoms with Crippen molar-refractivity contribution in [3.8, 4) is 22.4 Å². The SMILES string of the molecule is CC(=O)c1ccc(-c2ccc3nc(-c4ccccc4)c(CN4CCN(C(=O)Nc5ccccc5C)CC4)n3c2)cc1. The van der Waals surface area contributed by atoms with Crippen LogP contribution in [0.25, 0.3) is 28.0 Å². The van der Waals surface area contributed by atoms with Crippen LogP contribution in [0.5, 0.6) is 0 Å². The first-order chi connectivity index (χ1) is 20.0. The predicted octanol–water partition coefficient (Wildman–Crippen LogP) is 6.53. The van der Waals surface area contributed by atoms with E-state index >= 15 is 0 Å². The molecule has 7 nitrogen and oxygen atoms in total. The molecule has 1 fully saturated rings. The third-order valence-electron chi connectivity index (χ3n) is 7.81. The minimum atomic E-state index is -0.0563. The Kier molecular flexibility index (Phi) is 7.35. The fraction of sp³-hybridized carbons (Fsp3) is 0.206. The molecular formula is C34H33N5O2. The lowest BCUT2D eigenvalue weighted by molar-refractivity contribution is 0.101. The van der Waals surface area contributed by atoms with E-state index in [2.05, 4.69) is 45.1 Å². The molecule has 0 saturated carbocycles. The number of carbonyl (C=O) groups excluding carboxylic acids is 2. The van der Waals surface area contributed by atoms with Crippen LogP contribution in [0.1, 0.15) is 28.5 Å². The second-order valence-corrected chi connectivity index (χ2v) is 10.6. The van der Waals surface area contributed by atoms with Crippen molar-refractivity contribution in [2.75, 3.05) is 31.5 Å². The van der Waals surface area contributed by atoms with Crippen LogP contribution < -0.4 is 5.32 Å². The number of Topliss-reactive ketones (excluding diaryl/α,β-unsaturated/α-hetero) is 1. The summed E-state index contributed by atoms with van der Waals surface area (Å²) in [5.41, 5.74) is 8.76. The lowest BCUT2D eigenvalue weighted by Gasteiger charge is -2.34. The van der Waals surface area contributed by atoms with Crippen LogP contribution in [-0.4, -0.2) is 57.2 Å². The largest absolute Gasteiger partial charge is 0.322 e. The average molecular weight is 544 g/mol. The lowest BCUT2D eigenvalue weighted by Crippen LogP contribution is -2.49. The van der Waals surface area contributed by atoms with Crippen molar-refractivity contribution in [3.05, 3.63) is 114 Å². The Bertz CT molecular complexity index is 1700. The molecule has 5 aromatic rings. The highest BCUT2D eigenvalue weighted by molar-refractivity contribution is 5.94. The number of aryl methyl sites for hydroxylation is 1. The Morgan fingerprint density at radius 3 is 2.17 bits per heavy atom. The number of rotatable bonds is 6. The minimum Gasteiger partial charge on any atom is -0.322 e. The zero-order chi connectivity index (χ0) is 28.3. The molecule has 2 amide bonds. The molecule has 7 heteroatoms. The number of aromatic nitrogens is 2. The van der Waals surface area contributed by atoms with Crippen LogP contribution in [0.4, 0.5) is 10.5 Å². The zero-order valence-electron chi connectivity index (χ0n) is 23.4. The number of pyridine rings is 1. The fourth-order valence-electron chi connectivity index (χ4n) is 5.37. The van der Waals surface area contributed by atoms with Gasteiger partial charge in [0.15, 0.2) is 5.78 Å². The van der Waals surface area contributed by atoms with E-state index in [4.69, 9.17) is 4.98 Å². The Morgan fingerprint density at radius 2 is 1.46 bits per heavy atom. The van der Waals surface area contributed by atoms with Crippen LogP contribution >= 0.6 is 0 Å². The highest BCUT2D eigenvalue weighted by atomic mass is 16.2. The molecule has 0 bridgehead atoms. The summed E-state index contributed by atoms with van der Waals surface area (Å²) >= 11 is 0. The number of benzene rings is 3. The van der Waals surface area contributed by atoms with E-state index in [1.807, 2.05) is 78.6 Å². The zero-order valence-corrected chi connectivity index (χ0v) is 23.4. The average Bonchev–Trinajstić information content (AvgIpc) is 3.36. The fourth-order valence-corrected chi connectivity index (χ4v) is 5.37. The normalized spacial score (nSPS) is 13.9. The summed E-state index contributed by atoms with van der Waals surface area (Å²) in [5.74, 6) is 0.0594. The van der Waals surface area contributed by atoms with Gasteiger partial charge in [0.05, 0.1) is 11.4 Å². The van der Waals surface area contributed by atoms with Crippen LogP contribution in [0.3, 0.4) is 0 Å². The molecule has 206 valence electrons. The third kappa shape index (κ3) is 5.62. The molecule has 3 heterocycles. The molecular weight excluding hydrogens is 510 g/mol. The van der Waals surface area contributed by atoms with Gasteiger partial charge in [-0.15, -0.1) is 0 Å². The first-order valence-electron chi connectivity index (χ1n) is 14.0. The van der Waals surface area contributed by atoms with Gasteiger partial charge in [-0.25, -0.2) is 9.78 Å². The summed E-state index contributed by atoms with van der Waals surface area (Å²) in [4.78, 5) is 34.0. The number of nitrogens with zero attached hydrogens (tertiary/aromatic N) is 4. The van der Waals surface area contributed by atoms with Gasteiger partial charge in [0.1, 0.15) is 5.65 Å². The number of amides is 2. The first-order valence-corrected chi connectivity index (χ1v) is 14.0. The highest BCUT2D eigenvalue weighted by Crippen LogP contribution is 2.29. The van der Waals surface area contributed by atoms with Crippen LogP contribution in [0.2, 0.25) is 0 Å². The Balaban J connectivity index is 1.25. The maximum absolute atomic E-state index is 13.0. The van der Waals surface area contributed by atoms with Crippen LogP contribution in [-0.2, 0) is 6.54 Å². The molecule has 1 aliphatic rings. The van der Waals surface area contributed by atoms with Crippen molar-refractivity contribution < 1.29 is 9.59 Å². The number of nitrogens with one attached hydrogen (secondary N) is 1. The van der Waals surface area contributed by atoms with E-state index in [-0.39, 0.29) is 11.8 Å². The molecule has 3 aromatic carbocycles. The van der Waals surface area contributed by atoms with Crippen LogP contribution in [0.15, 0.2) is 97.2 Å². The van der Waals surface area contributed by atoms with Gasteiger partial charge in [-0.05, 0) is 48.7 Å². The lowest BCUT2D eigenvalue weighted by atomic mass is 10.0. The molecule has 1 N–H and O–H groups in total. The number of urea groups is 1. The Morgan fingerprint density at radius 1 is 0.780 bits per heavy atom. The minimum absolute atomic E-state index is 0.0563. The van der Waals surface area contributed by atoms with Crippen molar-refractivity contribution in [1.82, 2.24) is 19.2 Å². The van der Waals surface area contributed by atoms with Crippen molar-refractivity contribution in [2.24, 2.45) is 0 Å². The number of fused-ring (bicyclic) bond motifs is 1. The second-order valence-electron chi connectivity index (χ2n) is 10.6. The number of anilines is 1. The van der Waals surface area contributed by atoms with Gasteiger partial charge in [-0.1, -0.05) is 72.8 Å². The maximum Gasteiger partial charge on any atom is 0.321 e. The standard InChI is InChI=1S/C34H33N5O2/c1-24-8-6-7-11-30(24)35-34(41)38-20-18-37(19-21-38)23-31-33(28-9-4-3-5-10-28)36-32-17-16-29(22-39(31)32)27-14-12-26(13-15-27)25(2)40/h3-17,22H,18-21,23H2,1-2H3,(H,35,41). The van der Waals surface area contributed by atoms with Crippen molar-refractivity contribution in [3.63, 3.8) is 0 Å². The maximum atomic E-state index is 13.0. The van der Waals surface area contributed by atoms with E-state index in [9.17, 15) is 9.59 Å². The molecule has 0 radical (unpaired) electrons. The molecule has 1 aliphatic heterocycles. The number of piperazine rings is 1. The van der Waals surface area contributed by atoms with Gasteiger partial charge in [-0.2, -0.15) is 0 Å². The molecule has 2 aromatic heterocycles. The molecule has 0 aliphatic carbocycles. The smallest absolute Gasteiger partial charge is 0.321 e. The number of hydrogen-bond acceptors (Lipinski definition) is 4. The quantitative estimate of drug-likeness (QED) is 0.247. The molecule has 0 atom stereocenters. The Labute approximate surface area is 240 Å². The topological polar surface area (TPSA) is 70.0 Å². The number of para-hydroxylation sites is 1. The number of carbonyl (C=O) groups is 2. The summed E-state index contributed by atoms with van der Waals surface area (Å²) in [6.07, 6.45) is 2.14. The van der Waals surface area contributed by atoms with Crippen LogP contribution in [0, 0.1) is 6.92 Å². The highest BCUT2D eigenvalue weighted by Gasteiger charge is 2.24. The van der Waals surface area contributed by atoms with E-state index in [1.165, 1.54) is 0 Å². The van der Waals surface area contributed by atoms with E-state index in [0.29, 0.717) is 25.2 Å². The third-order valence-corrected chi connectivity index (χ3v) is 7.81. The molecule has 0 spiro atoms. The monoisotopic (exact) mass is 543 g/mol. The summed E-state index contributed by atoms with van der Waals surface area (Å²) < 4.78 is 2.19. The summed E-state index contributed by atoms with van der Waals surface area (Å²) in [5, 5.41) is 3.06. The molecule has 1 saturated heterocycles. The van der Waals surface area contributed by atoms with Crippen molar-refractivity contribution >= 4 is 23.1 Å². The van der Waals surface area contributed by atoms with Gasteiger partial charge in [-0.3, -0.25) is 9.69 Å². The predicted molar refractivity (Wildman–Crippen MR) is 163 cm³/mol. The molecule has 41 heavy (non-hydrogen) atoms. The van der Waals surface area contributed by atoms with E-state index in [1.54, 1.807) is 6.92 Å². The molecule has 6 rings (SSSR count). The van der Waals surface area contributed by atoms with Gasteiger partial charge in [0.25, 0.3) is 0 Å².